The van der Waals surface area contributed by atoms with Crippen molar-refractivity contribution in [2.45, 2.75) is 26.2 Å². The van der Waals surface area contributed by atoms with E-state index in [1.807, 2.05) is 6.92 Å². The maximum absolute atomic E-state index is 11.4. The van der Waals surface area contributed by atoms with Crippen molar-refractivity contribution >= 4 is 11.5 Å². The molecular formula is C13H15NO3. The second-order valence-electron chi connectivity index (χ2n) is 4.80. The van der Waals surface area contributed by atoms with Gasteiger partial charge in [0.15, 0.2) is 0 Å². The van der Waals surface area contributed by atoms with E-state index in [4.69, 9.17) is 0 Å². The Morgan fingerprint density at radius 2 is 2.00 bits per heavy atom. The van der Waals surface area contributed by atoms with Crippen LogP contribution in [-0.4, -0.2) is 10.7 Å². The van der Waals surface area contributed by atoms with Gasteiger partial charge in [0.05, 0.1) is 4.92 Å². The van der Waals surface area contributed by atoms with Gasteiger partial charge in [-0.15, -0.1) is 0 Å². The normalized spacial score (nSPS) is 23.9. The van der Waals surface area contributed by atoms with Crippen molar-refractivity contribution in [3.05, 3.63) is 39.9 Å². The third-order valence-corrected chi connectivity index (χ3v) is 3.40. The Morgan fingerprint density at radius 1 is 1.35 bits per heavy atom. The molecule has 0 saturated heterocycles. The molecule has 4 heteroatoms. The minimum Gasteiger partial charge on any atom is -0.299 e. The van der Waals surface area contributed by atoms with Crippen molar-refractivity contribution in [2.75, 3.05) is 0 Å². The van der Waals surface area contributed by atoms with E-state index in [-0.39, 0.29) is 11.6 Å². The molecular weight excluding hydrogens is 218 g/mol. The predicted molar refractivity (Wildman–Crippen MR) is 63.7 cm³/mol. The molecule has 0 aliphatic heterocycles. The lowest BCUT2D eigenvalue weighted by Crippen LogP contribution is -2.00. The number of carbonyl (C=O) groups is 1. The van der Waals surface area contributed by atoms with E-state index < -0.39 is 4.92 Å². The molecule has 90 valence electrons. The van der Waals surface area contributed by atoms with Crippen molar-refractivity contribution in [3.8, 4) is 0 Å². The van der Waals surface area contributed by atoms with Crippen LogP contribution in [0.1, 0.15) is 25.3 Å². The molecule has 0 N–H and O–H groups in total. The van der Waals surface area contributed by atoms with E-state index in [9.17, 15) is 14.9 Å². The zero-order chi connectivity index (χ0) is 12.4. The van der Waals surface area contributed by atoms with Gasteiger partial charge in [-0.1, -0.05) is 19.1 Å². The summed E-state index contributed by atoms with van der Waals surface area (Å²) >= 11 is 0. The molecule has 1 aromatic rings. The number of Topliss-reactive ketones (excluding diaryl/α,β-unsaturated/α-hetero) is 1. The van der Waals surface area contributed by atoms with Crippen LogP contribution in [0.15, 0.2) is 24.3 Å². The first-order valence-electron chi connectivity index (χ1n) is 5.82. The minimum absolute atomic E-state index is 0.115. The number of nitro benzene ring substituents is 1. The molecule has 0 heterocycles. The molecule has 1 unspecified atom stereocenters. The van der Waals surface area contributed by atoms with Gasteiger partial charge in [-0.05, 0) is 24.3 Å². The number of hydrogen-bond acceptors (Lipinski definition) is 3. The summed E-state index contributed by atoms with van der Waals surface area (Å²) in [5.41, 5.74) is 1.19. The third kappa shape index (κ3) is 2.70. The Bertz CT molecular complexity index is 438. The van der Waals surface area contributed by atoms with Crippen LogP contribution in [0.25, 0.3) is 0 Å². The molecule has 0 spiro atoms. The number of carbonyl (C=O) groups excluding carboxylic acids is 1. The Balaban J connectivity index is 2.00. The number of non-ortho nitro benzene ring substituents is 1. The predicted octanol–water partition coefficient (Wildman–Crippen LogP) is 2.75. The summed E-state index contributed by atoms with van der Waals surface area (Å²) in [7, 11) is 0. The molecule has 0 aromatic heterocycles. The standard InChI is InChI=1S/C13H15NO3/c1-9-6-11(8-13(9)15)7-10-2-4-12(5-3-10)14(16)17/h2-5,9,11H,6-8H2,1H3/t9?,11-/m1/s1. The molecule has 0 amide bonds. The molecule has 1 aliphatic carbocycles. The summed E-state index contributed by atoms with van der Waals surface area (Å²) < 4.78 is 0. The first-order chi connectivity index (χ1) is 8.06. The van der Waals surface area contributed by atoms with Crippen molar-refractivity contribution in [2.24, 2.45) is 11.8 Å². The molecule has 0 radical (unpaired) electrons. The summed E-state index contributed by atoms with van der Waals surface area (Å²) in [6, 6.07) is 6.61. The summed E-state index contributed by atoms with van der Waals surface area (Å²) in [5.74, 6) is 0.925. The quantitative estimate of drug-likeness (QED) is 0.595. The van der Waals surface area contributed by atoms with Gasteiger partial charge in [-0.3, -0.25) is 14.9 Å². The summed E-state index contributed by atoms with van der Waals surface area (Å²) in [5, 5.41) is 10.5. The molecule has 1 aliphatic rings. The SMILES string of the molecule is CC1C[C@H](Cc2ccc([N+](=O)[O-])cc2)CC1=O. The maximum atomic E-state index is 11.4. The molecule has 17 heavy (non-hydrogen) atoms. The minimum atomic E-state index is -0.398. The van der Waals surface area contributed by atoms with E-state index in [2.05, 4.69) is 0 Å². The van der Waals surface area contributed by atoms with Gasteiger partial charge < -0.3 is 0 Å². The molecule has 1 aromatic carbocycles. The maximum Gasteiger partial charge on any atom is 0.269 e. The number of rotatable bonds is 3. The fraction of sp³-hybridized carbons (Fsp3) is 0.462. The van der Waals surface area contributed by atoms with Gasteiger partial charge in [0, 0.05) is 24.5 Å². The monoisotopic (exact) mass is 233 g/mol. The Hall–Kier alpha value is -1.71. The average molecular weight is 233 g/mol. The largest absolute Gasteiger partial charge is 0.299 e. The number of nitrogens with zero attached hydrogens (tertiary/aromatic N) is 1. The fourth-order valence-corrected chi connectivity index (χ4v) is 2.44. The number of hydrogen-bond donors (Lipinski definition) is 0. The van der Waals surface area contributed by atoms with Crippen LogP contribution >= 0.6 is 0 Å². The second kappa shape index (κ2) is 4.65. The van der Waals surface area contributed by atoms with Crippen LogP contribution in [0.2, 0.25) is 0 Å². The number of nitro groups is 1. The molecule has 4 nitrogen and oxygen atoms in total. The third-order valence-electron chi connectivity index (χ3n) is 3.40. The molecule has 1 saturated carbocycles. The first-order valence-corrected chi connectivity index (χ1v) is 5.82. The highest BCUT2D eigenvalue weighted by Gasteiger charge is 2.28. The zero-order valence-corrected chi connectivity index (χ0v) is 9.76. The van der Waals surface area contributed by atoms with E-state index in [0.717, 1.165) is 18.4 Å². The first kappa shape index (κ1) is 11.8. The van der Waals surface area contributed by atoms with E-state index in [1.54, 1.807) is 12.1 Å². The van der Waals surface area contributed by atoms with Crippen molar-refractivity contribution in [1.29, 1.82) is 0 Å². The lowest BCUT2D eigenvalue weighted by Gasteiger charge is -2.07. The van der Waals surface area contributed by atoms with Gasteiger partial charge in [-0.25, -0.2) is 0 Å². The van der Waals surface area contributed by atoms with Crippen LogP contribution in [0.4, 0.5) is 5.69 Å². The molecule has 2 rings (SSSR count). The molecule has 1 fully saturated rings. The zero-order valence-electron chi connectivity index (χ0n) is 9.76. The van der Waals surface area contributed by atoms with Crippen LogP contribution in [0, 0.1) is 22.0 Å². The van der Waals surface area contributed by atoms with Crippen LogP contribution in [0.3, 0.4) is 0 Å². The summed E-state index contributed by atoms with van der Waals surface area (Å²) in [6.07, 6.45) is 2.43. The van der Waals surface area contributed by atoms with Crippen LogP contribution in [0.5, 0.6) is 0 Å². The van der Waals surface area contributed by atoms with Crippen molar-refractivity contribution in [1.82, 2.24) is 0 Å². The van der Waals surface area contributed by atoms with Gasteiger partial charge in [0.25, 0.3) is 5.69 Å². The smallest absolute Gasteiger partial charge is 0.269 e. The highest BCUT2D eigenvalue weighted by Crippen LogP contribution is 2.30. The van der Waals surface area contributed by atoms with Gasteiger partial charge in [-0.2, -0.15) is 0 Å². The van der Waals surface area contributed by atoms with Crippen LogP contribution in [-0.2, 0) is 11.2 Å². The number of benzene rings is 1. The lowest BCUT2D eigenvalue weighted by atomic mass is 9.97. The van der Waals surface area contributed by atoms with Gasteiger partial charge >= 0.3 is 0 Å². The van der Waals surface area contributed by atoms with E-state index in [1.165, 1.54) is 12.1 Å². The molecule has 0 bridgehead atoms. The van der Waals surface area contributed by atoms with Crippen molar-refractivity contribution < 1.29 is 9.72 Å². The molecule has 2 atom stereocenters. The topological polar surface area (TPSA) is 60.2 Å². The second-order valence-corrected chi connectivity index (χ2v) is 4.80. The van der Waals surface area contributed by atoms with Gasteiger partial charge in [0.1, 0.15) is 5.78 Å². The highest BCUT2D eigenvalue weighted by molar-refractivity contribution is 5.82. The lowest BCUT2D eigenvalue weighted by molar-refractivity contribution is -0.384. The summed E-state index contributed by atoms with van der Waals surface area (Å²) in [6.45, 7) is 1.97. The summed E-state index contributed by atoms with van der Waals surface area (Å²) in [4.78, 5) is 21.5. The van der Waals surface area contributed by atoms with Gasteiger partial charge in [0.2, 0.25) is 0 Å². The van der Waals surface area contributed by atoms with Crippen LogP contribution < -0.4 is 0 Å². The Labute approximate surface area is 99.8 Å². The van der Waals surface area contributed by atoms with E-state index in [0.29, 0.717) is 18.1 Å². The fourth-order valence-electron chi connectivity index (χ4n) is 2.44. The highest BCUT2D eigenvalue weighted by atomic mass is 16.6. The number of ketones is 1. The Morgan fingerprint density at radius 3 is 2.47 bits per heavy atom. The Kier molecular flexibility index (Phi) is 3.22. The van der Waals surface area contributed by atoms with Crippen molar-refractivity contribution in [3.63, 3.8) is 0 Å². The average Bonchev–Trinajstić information content (AvgIpc) is 2.58. The van der Waals surface area contributed by atoms with E-state index >= 15 is 0 Å².